The summed E-state index contributed by atoms with van der Waals surface area (Å²) in [4.78, 5) is 28.3. The summed E-state index contributed by atoms with van der Waals surface area (Å²) < 4.78 is 0. The van der Waals surface area contributed by atoms with Crippen molar-refractivity contribution < 1.29 is 9.59 Å². The summed E-state index contributed by atoms with van der Waals surface area (Å²) in [5.74, 6) is 0.222. The molecule has 2 aromatic rings. The van der Waals surface area contributed by atoms with Crippen LogP contribution in [0.5, 0.6) is 0 Å². The first-order valence-electron chi connectivity index (χ1n) is 9.15. The number of nitrogens with zero attached hydrogens (tertiary/aromatic N) is 1. The Kier molecular flexibility index (Phi) is 7.32. The van der Waals surface area contributed by atoms with Crippen molar-refractivity contribution in [2.24, 2.45) is 11.7 Å². The average molecular weight is 404 g/mol. The van der Waals surface area contributed by atoms with Gasteiger partial charge in [0.2, 0.25) is 5.91 Å². The number of carbonyl (C=O) groups is 2. The smallest absolute Gasteiger partial charge is 0.252 e. The number of primary amides is 1. The number of nitrogens with two attached hydrogens (primary N) is 1. The molecule has 2 heterocycles. The van der Waals surface area contributed by atoms with Crippen LogP contribution in [-0.4, -0.2) is 42.1 Å². The van der Waals surface area contributed by atoms with E-state index in [4.69, 9.17) is 5.73 Å². The second-order valence-electron chi connectivity index (χ2n) is 6.76. The Hall–Kier alpha value is -1.83. The summed E-state index contributed by atoms with van der Waals surface area (Å²) in [6.07, 6.45) is 2.20. The molecule has 0 bridgehead atoms. The number of amides is 2. The number of carbonyl (C=O) groups excluding carboxylic acids is 2. The highest BCUT2D eigenvalue weighted by molar-refractivity contribution is 8.00. The van der Waals surface area contributed by atoms with E-state index in [-0.39, 0.29) is 17.6 Å². The van der Waals surface area contributed by atoms with E-state index in [1.807, 2.05) is 18.2 Å². The number of thioether (sulfide) groups is 1. The third kappa shape index (κ3) is 6.09. The number of hydrogen-bond donors (Lipinski definition) is 2. The summed E-state index contributed by atoms with van der Waals surface area (Å²) >= 11 is 3.11. The van der Waals surface area contributed by atoms with Gasteiger partial charge in [-0.2, -0.15) is 0 Å². The van der Waals surface area contributed by atoms with Crippen LogP contribution in [0.15, 0.2) is 46.7 Å². The lowest BCUT2D eigenvalue weighted by Gasteiger charge is -2.31. The van der Waals surface area contributed by atoms with Gasteiger partial charge in [0.25, 0.3) is 5.91 Å². The van der Waals surface area contributed by atoms with E-state index < -0.39 is 0 Å². The molecule has 2 amide bonds. The topological polar surface area (TPSA) is 75.4 Å². The predicted molar refractivity (Wildman–Crippen MR) is 111 cm³/mol. The molecule has 0 radical (unpaired) electrons. The molecule has 1 fully saturated rings. The van der Waals surface area contributed by atoms with Gasteiger partial charge in [-0.25, -0.2) is 0 Å². The van der Waals surface area contributed by atoms with Crippen molar-refractivity contribution in [2.75, 3.05) is 25.4 Å². The summed E-state index contributed by atoms with van der Waals surface area (Å²) in [7, 11) is 0. The number of rotatable bonds is 8. The van der Waals surface area contributed by atoms with Gasteiger partial charge in [-0.3, -0.25) is 14.5 Å². The second kappa shape index (κ2) is 9.92. The molecule has 0 atom stereocenters. The molecule has 0 saturated carbocycles. The standard InChI is InChI=1S/C20H25N3O2S2/c21-19(24)14-27-18-6-2-1-5-17(18)20(25)22-12-15-7-9-23(10-8-15)13-16-4-3-11-26-16/h1-6,11,15H,7-10,12-14H2,(H2,21,24)(H,22,25). The number of benzene rings is 1. The Morgan fingerprint density at radius 3 is 2.67 bits per heavy atom. The molecule has 1 aromatic heterocycles. The molecule has 1 saturated heterocycles. The zero-order valence-corrected chi connectivity index (χ0v) is 16.9. The summed E-state index contributed by atoms with van der Waals surface area (Å²) in [5.41, 5.74) is 5.82. The normalized spacial score (nSPS) is 15.6. The number of nitrogens with one attached hydrogen (secondary N) is 1. The van der Waals surface area contributed by atoms with Crippen LogP contribution in [0.3, 0.4) is 0 Å². The minimum absolute atomic E-state index is 0.0800. The lowest BCUT2D eigenvalue weighted by atomic mass is 9.96. The van der Waals surface area contributed by atoms with Crippen LogP contribution in [0.4, 0.5) is 0 Å². The van der Waals surface area contributed by atoms with Gasteiger partial charge in [-0.1, -0.05) is 18.2 Å². The first-order valence-corrected chi connectivity index (χ1v) is 11.0. The van der Waals surface area contributed by atoms with Crippen LogP contribution in [-0.2, 0) is 11.3 Å². The maximum atomic E-state index is 12.6. The van der Waals surface area contributed by atoms with E-state index in [9.17, 15) is 9.59 Å². The minimum atomic E-state index is -0.385. The molecule has 3 rings (SSSR count). The van der Waals surface area contributed by atoms with Crippen molar-refractivity contribution in [1.82, 2.24) is 10.2 Å². The largest absolute Gasteiger partial charge is 0.369 e. The third-order valence-corrected chi connectivity index (χ3v) is 6.68. The molecule has 0 unspecified atom stereocenters. The molecule has 27 heavy (non-hydrogen) atoms. The third-order valence-electron chi connectivity index (χ3n) is 4.72. The Morgan fingerprint density at radius 2 is 1.96 bits per heavy atom. The Balaban J connectivity index is 1.45. The fraction of sp³-hybridized carbons (Fsp3) is 0.400. The molecule has 7 heteroatoms. The van der Waals surface area contributed by atoms with Gasteiger partial charge in [0, 0.05) is 22.9 Å². The van der Waals surface area contributed by atoms with E-state index in [0.717, 1.165) is 37.4 Å². The highest BCUT2D eigenvalue weighted by atomic mass is 32.2. The van der Waals surface area contributed by atoms with Crippen LogP contribution < -0.4 is 11.1 Å². The highest BCUT2D eigenvalue weighted by Crippen LogP contribution is 2.23. The first kappa shape index (κ1) is 19.9. The van der Waals surface area contributed by atoms with Gasteiger partial charge < -0.3 is 11.1 Å². The van der Waals surface area contributed by atoms with Gasteiger partial charge in [-0.05, 0) is 55.4 Å². The van der Waals surface area contributed by atoms with Crippen molar-refractivity contribution in [3.8, 4) is 0 Å². The molecule has 1 aliphatic rings. The lowest BCUT2D eigenvalue weighted by Crippen LogP contribution is -2.38. The minimum Gasteiger partial charge on any atom is -0.369 e. The first-order chi connectivity index (χ1) is 13.1. The number of hydrogen-bond acceptors (Lipinski definition) is 5. The van der Waals surface area contributed by atoms with Crippen molar-refractivity contribution in [2.45, 2.75) is 24.3 Å². The average Bonchev–Trinajstić information content (AvgIpc) is 3.19. The molecule has 5 nitrogen and oxygen atoms in total. The van der Waals surface area contributed by atoms with E-state index in [0.29, 0.717) is 18.0 Å². The monoisotopic (exact) mass is 403 g/mol. The maximum absolute atomic E-state index is 12.6. The van der Waals surface area contributed by atoms with Crippen LogP contribution in [0, 0.1) is 5.92 Å². The number of likely N-dealkylation sites (tertiary alicyclic amines) is 1. The van der Waals surface area contributed by atoms with Gasteiger partial charge in [0.1, 0.15) is 0 Å². The number of piperidine rings is 1. The Labute approximate surface area is 168 Å². The van der Waals surface area contributed by atoms with Crippen molar-refractivity contribution in [3.63, 3.8) is 0 Å². The van der Waals surface area contributed by atoms with Crippen LogP contribution in [0.2, 0.25) is 0 Å². The van der Waals surface area contributed by atoms with E-state index in [1.165, 1.54) is 16.6 Å². The SMILES string of the molecule is NC(=O)CSc1ccccc1C(=O)NCC1CCN(Cc2cccs2)CC1. The fourth-order valence-corrected chi connectivity index (χ4v) is 4.77. The second-order valence-corrected chi connectivity index (χ2v) is 8.81. The van der Waals surface area contributed by atoms with Gasteiger partial charge >= 0.3 is 0 Å². The van der Waals surface area contributed by atoms with Crippen LogP contribution >= 0.6 is 23.1 Å². The molecule has 1 aliphatic heterocycles. The quantitative estimate of drug-likeness (QED) is 0.665. The van der Waals surface area contributed by atoms with Crippen LogP contribution in [0.25, 0.3) is 0 Å². The molecular weight excluding hydrogens is 378 g/mol. The zero-order valence-electron chi connectivity index (χ0n) is 15.2. The molecule has 0 aliphatic carbocycles. The molecule has 1 aromatic carbocycles. The highest BCUT2D eigenvalue weighted by Gasteiger charge is 2.21. The van der Waals surface area contributed by atoms with Crippen molar-refractivity contribution in [1.29, 1.82) is 0 Å². The maximum Gasteiger partial charge on any atom is 0.252 e. The van der Waals surface area contributed by atoms with Crippen molar-refractivity contribution in [3.05, 3.63) is 52.2 Å². The van der Waals surface area contributed by atoms with Gasteiger partial charge in [-0.15, -0.1) is 23.1 Å². The van der Waals surface area contributed by atoms with Gasteiger partial charge in [0.05, 0.1) is 11.3 Å². The summed E-state index contributed by atoms with van der Waals surface area (Å²) in [5, 5.41) is 5.19. The Bertz CT molecular complexity index is 756. The number of thiophene rings is 1. The van der Waals surface area contributed by atoms with E-state index in [1.54, 1.807) is 17.4 Å². The molecule has 0 spiro atoms. The van der Waals surface area contributed by atoms with E-state index >= 15 is 0 Å². The zero-order chi connectivity index (χ0) is 19.1. The van der Waals surface area contributed by atoms with E-state index in [2.05, 4.69) is 27.7 Å². The predicted octanol–water partition coefficient (Wildman–Crippen LogP) is 2.97. The summed E-state index contributed by atoms with van der Waals surface area (Å²) in [6, 6.07) is 11.6. The van der Waals surface area contributed by atoms with Crippen LogP contribution in [0.1, 0.15) is 28.1 Å². The lowest BCUT2D eigenvalue weighted by molar-refractivity contribution is -0.115. The molecule has 3 N–H and O–H groups in total. The molecule has 144 valence electrons. The van der Waals surface area contributed by atoms with Crippen molar-refractivity contribution >= 4 is 34.9 Å². The van der Waals surface area contributed by atoms with Gasteiger partial charge in [0.15, 0.2) is 0 Å². The fourth-order valence-electron chi connectivity index (χ4n) is 3.23. The summed E-state index contributed by atoms with van der Waals surface area (Å²) in [6.45, 7) is 3.87. The Morgan fingerprint density at radius 1 is 1.19 bits per heavy atom. The molecular formula is C20H25N3O2S2.